The Hall–Kier alpha value is -0.610. The van der Waals surface area contributed by atoms with E-state index in [2.05, 4.69) is 5.32 Å². The van der Waals surface area contributed by atoms with E-state index in [1.54, 1.807) is 0 Å². The topological polar surface area (TPSA) is 58.6 Å². The van der Waals surface area contributed by atoms with E-state index in [0.29, 0.717) is 18.6 Å². The standard InChI is InChI=1S/C18H35NO3/c1-6-17(3,4)16(20)22-11-9-14-8-10-19-15(12-14)13-18(5,21)7-2/h14-15,19,21H,6-13H2,1-5H3. The van der Waals surface area contributed by atoms with Crippen molar-refractivity contribution in [1.29, 1.82) is 0 Å². The van der Waals surface area contributed by atoms with Crippen LogP contribution in [-0.2, 0) is 9.53 Å². The maximum Gasteiger partial charge on any atom is 0.311 e. The second-order valence-corrected chi connectivity index (χ2v) is 7.76. The van der Waals surface area contributed by atoms with Crippen LogP contribution in [-0.4, -0.2) is 35.9 Å². The van der Waals surface area contributed by atoms with Gasteiger partial charge in [0.15, 0.2) is 0 Å². The Kier molecular flexibility index (Phi) is 7.33. The molecule has 22 heavy (non-hydrogen) atoms. The molecule has 0 bridgehead atoms. The summed E-state index contributed by atoms with van der Waals surface area (Å²) < 4.78 is 5.45. The van der Waals surface area contributed by atoms with E-state index in [1.165, 1.54) is 0 Å². The van der Waals surface area contributed by atoms with Gasteiger partial charge in [-0.25, -0.2) is 0 Å². The molecule has 3 atom stereocenters. The Balaban J connectivity index is 2.33. The molecule has 1 fully saturated rings. The highest BCUT2D eigenvalue weighted by atomic mass is 16.5. The quantitative estimate of drug-likeness (QED) is 0.675. The van der Waals surface area contributed by atoms with Crippen LogP contribution in [0.3, 0.4) is 0 Å². The molecule has 0 saturated carbocycles. The van der Waals surface area contributed by atoms with Crippen molar-refractivity contribution in [1.82, 2.24) is 5.32 Å². The fourth-order valence-electron chi connectivity index (χ4n) is 2.85. The molecule has 1 aliphatic rings. The zero-order valence-electron chi connectivity index (χ0n) is 15.1. The molecule has 1 saturated heterocycles. The lowest BCUT2D eigenvalue weighted by Crippen LogP contribution is -2.43. The minimum absolute atomic E-state index is 0.0885. The molecule has 0 radical (unpaired) electrons. The number of esters is 1. The molecule has 0 aromatic heterocycles. The first-order valence-electron chi connectivity index (χ1n) is 8.83. The van der Waals surface area contributed by atoms with Gasteiger partial charge in [0.25, 0.3) is 0 Å². The van der Waals surface area contributed by atoms with Gasteiger partial charge in [0.1, 0.15) is 0 Å². The van der Waals surface area contributed by atoms with Crippen LogP contribution in [0.15, 0.2) is 0 Å². The number of hydrogen-bond donors (Lipinski definition) is 2. The molecule has 0 aromatic carbocycles. The Morgan fingerprint density at radius 1 is 1.27 bits per heavy atom. The summed E-state index contributed by atoms with van der Waals surface area (Å²) in [6, 6.07) is 0.372. The summed E-state index contributed by atoms with van der Waals surface area (Å²) in [5, 5.41) is 13.7. The number of piperidine rings is 1. The van der Waals surface area contributed by atoms with E-state index in [4.69, 9.17) is 4.74 Å². The highest BCUT2D eigenvalue weighted by Crippen LogP contribution is 2.27. The third-order valence-electron chi connectivity index (χ3n) is 5.25. The van der Waals surface area contributed by atoms with Crippen molar-refractivity contribution in [2.75, 3.05) is 13.2 Å². The van der Waals surface area contributed by atoms with E-state index < -0.39 is 5.60 Å². The highest BCUT2D eigenvalue weighted by Gasteiger charge is 2.29. The van der Waals surface area contributed by atoms with Crippen molar-refractivity contribution in [3.63, 3.8) is 0 Å². The SMILES string of the molecule is CCC(C)(O)CC1CC(CCOC(=O)C(C)(C)CC)CCN1. The molecular weight excluding hydrogens is 278 g/mol. The van der Waals surface area contributed by atoms with Crippen molar-refractivity contribution in [3.05, 3.63) is 0 Å². The fraction of sp³-hybridized carbons (Fsp3) is 0.944. The van der Waals surface area contributed by atoms with E-state index in [0.717, 1.165) is 45.1 Å². The van der Waals surface area contributed by atoms with Crippen molar-refractivity contribution in [2.45, 2.75) is 84.8 Å². The van der Waals surface area contributed by atoms with Gasteiger partial charge in [0, 0.05) is 6.04 Å². The smallest absolute Gasteiger partial charge is 0.311 e. The van der Waals surface area contributed by atoms with Gasteiger partial charge in [0.2, 0.25) is 0 Å². The number of aliphatic hydroxyl groups is 1. The summed E-state index contributed by atoms with van der Waals surface area (Å²) in [5.41, 5.74) is -0.965. The number of rotatable bonds is 8. The first-order valence-corrected chi connectivity index (χ1v) is 8.83. The number of carbonyl (C=O) groups excluding carboxylic acids is 1. The van der Waals surface area contributed by atoms with Crippen LogP contribution in [0.25, 0.3) is 0 Å². The third kappa shape index (κ3) is 6.25. The fourth-order valence-corrected chi connectivity index (χ4v) is 2.85. The predicted molar refractivity (Wildman–Crippen MR) is 89.7 cm³/mol. The van der Waals surface area contributed by atoms with Crippen LogP contribution in [0, 0.1) is 11.3 Å². The van der Waals surface area contributed by atoms with E-state index in [9.17, 15) is 9.90 Å². The monoisotopic (exact) mass is 313 g/mol. The summed E-state index contributed by atoms with van der Waals surface area (Å²) in [6.45, 7) is 11.3. The molecule has 2 N–H and O–H groups in total. The van der Waals surface area contributed by atoms with Crippen LogP contribution in [0.2, 0.25) is 0 Å². The second kappa shape index (κ2) is 8.30. The minimum Gasteiger partial charge on any atom is -0.465 e. The number of ether oxygens (including phenoxy) is 1. The Morgan fingerprint density at radius 2 is 1.95 bits per heavy atom. The van der Waals surface area contributed by atoms with Crippen molar-refractivity contribution >= 4 is 5.97 Å². The Labute approximate surface area is 136 Å². The van der Waals surface area contributed by atoms with Crippen molar-refractivity contribution in [3.8, 4) is 0 Å². The highest BCUT2D eigenvalue weighted by molar-refractivity contribution is 5.75. The Morgan fingerprint density at radius 3 is 2.55 bits per heavy atom. The maximum absolute atomic E-state index is 12.0. The predicted octanol–water partition coefficient (Wildman–Crippen LogP) is 3.28. The molecule has 1 rings (SSSR count). The first kappa shape index (κ1) is 19.4. The van der Waals surface area contributed by atoms with E-state index in [1.807, 2.05) is 34.6 Å². The molecule has 1 heterocycles. The van der Waals surface area contributed by atoms with Crippen LogP contribution < -0.4 is 5.32 Å². The lowest BCUT2D eigenvalue weighted by molar-refractivity contribution is -0.154. The minimum atomic E-state index is -0.586. The number of hydrogen-bond acceptors (Lipinski definition) is 4. The maximum atomic E-state index is 12.0. The van der Waals surface area contributed by atoms with E-state index >= 15 is 0 Å². The summed E-state index contributed by atoms with van der Waals surface area (Å²) in [5.74, 6) is 0.492. The van der Waals surface area contributed by atoms with Gasteiger partial charge < -0.3 is 15.2 Å². The average Bonchev–Trinajstić information content (AvgIpc) is 2.47. The zero-order valence-corrected chi connectivity index (χ0v) is 15.1. The van der Waals surface area contributed by atoms with Gasteiger partial charge in [-0.1, -0.05) is 13.8 Å². The third-order valence-corrected chi connectivity index (χ3v) is 5.25. The molecule has 0 spiro atoms. The molecule has 0 amide bonds. The van der Waals surface area contributed by atoms with Gasteiger partial charge in [-0.05, 0) is 71.8 Å². The van der Waals surface area contributed by atoms with Crippen LogP contribution >= 0.6 is 0 Å². The lowest BCUT2D eigenvalue weighted by Gasteiger charge is -2.34. The van der Waals surface area contributed by atoms with Gasteiger partial charge >= 0.3 is 5.97 Å². The molecule has 4 heteroatoms. The first-order chi connectivity index (χ1) is 10.2. The molecule has 4 nitrogen and oxygen atoms in total. The van der Waals surface area contributed by atoms with Gasteiger partial charge in [-0.15, -0.1) is 0 Å². The van der Waals surface area contributed by atoms with Crippen molar-refractivity contribution in [2.24, 2.45) is 11.3 Å². The summed E-state index contributed by atoms with van der Waals surface area (Å²) >= 11 is 0. The average molecular weight is 313 g/mol. The molecule has 3 unspecified atom stereocenters. The largest absolute Gasteiger partial charge is 0.465 e. The van der Waals surface area contributed by atoms with Crippen LogP contribution in [0.4, 0.5) is 0 Å². The van der Waals surface area contributed by atoms with Gasteiger partial charge in [-0.2, -0.15) is 0 Å². The van der Waals surface area contributed by atoms with Gasteiger partial charge in [-0.3, -0.25) is 4.79 Å². The zero-order chi connectivity index (χ0) is 16.8. The summed E-state index contributed by atoms with van der Waals surface area (Å²) in [7, 11) is 0. The van der Waals surface area contributed by atoms with Gasteiger partial charge in [0.05, 0.1) is 17.6 Å². The normalized spacial score (nSPS) is 25.5. The molecule has 0 aliphatic carbocycles. The van der Waals surface area contributed by atoms with E-state index in [-0.39, 0.29) is 11.4 Å². The molecule has 0 aromatic rings. The molecule has 1 aliphatic heterocycles. The molecular formula is C18H35NO3. The van der Waals surface area contributed by atoms with Crippen LogP contribution in [0.5, 0.6) is 0 Å². The second-order valence-electron chi connectivity index (χ2n) is 7.76. The van der Waals surface area contributed by atoms with Crippen LogP contribution in [0.1, 0.15) is 73.1 Å². The number of nitrogens with one attached hydrogen (secondary N) is 1. The van der Waals surface area contributed by atoms with Crippen molar-refractivity contribution < 1.29 is 14.6 Å². The lowest BCUT2D eigenvalue weighted by atomic mass is 9.84. The summed E-state index contributed by atoms with van der Waals surface area (Å²) in [6.07, 6.45) is 5.48. The summed E-state index contributed by atoms with van der Waals surface area (Å²) in [4.78, 5) is 12.0. The molecule has 130 valence electrons. The Bertz CT molecular complexity index is 352. The number of carbonyl (C=O) groups is 1.